The molecule has 0 aliphatic carbocycles. The lowest BCUT2D eigenvalue weighted by atomic mass is 10.3. The van der Waals surface area contributed by atoms with Crippen LogP contribution >= 0.6 is 0 Å². The quantitative estimate of drug-likeness (QED) is 0.485. The number of rotatable bonds is 1. The number of nitrogens with two attached hydrogens (primary N) is 2. The number of hydrogen-bond donors (Lipinski definition) is 2. The predicted octanol–water partition coefficient (Wildman–Crippen LogP) is 1.000. The van der Waals surface area contributed by atoms with Crippen molar-refractivity contribution in [2.75, 3.05) is 17.8 Å². The van der Waals surface area contributed by atoms with Crippen molar-refractivity contribution >= 4 is 11.4 Å². The Bertz CT molecular complexity index is 222. The van der Waals surface area contributed by atoms with Crippen molar-refractivity contribution in [1.29, 1.82) is 0 Å². The molecule has 12 heavy (non-hydrogen) atoms. The van der Waals surface area contributed by atoms with E-state index in [0.717, 1.165) is 5.69 Å². The maximum Gasteiger partial charge on any atom is 0.0774 e. The summed E-state index contributed by atoms with van der Waals surface area (Å²) in [6, 6.07) is 1.76. The van der Waals surface area contributed by atoms with Gasteiger partial charge in [-0.05, 0) is 6.07 Å². The molecule has 0 unspecified atom stereocenters. The molecular formula is C8H16N4. The zero-order valence-corrected chi connectivity index (χ0v) is 7.78. The Kier molecular flexibility index (Phi) is 4.79. The van der Waals surface area contributed by atoms with Crippen LogP contribution in [0.15, 0.2) is 18.5 Å². The molecule has 4 heteroatoms. The minimum atomic E-state index is 0.590. The highest BCUT2D eigenvalue weighted by atomic mass is 15.4. The SMILES string of the molecule is CC.CN(N)c1ccncc1N. The van der Waals surface area contributed by atoms with Crippen molar-refractivity contribution in [1.82, 2.24) is 4.98 Å². The van der Waals surface area contributed by atoms with Gasteiger partial charge < -0.3 is 10.7 Å². The third-order valence-electron chi connectivity index (χ3n) is 1.21. The van der Waals surface area contributed by atoms with E-state index in [4.69, 9.17) is 11.6 Å². The first-order valence-corrected chi connectivity index (χ1v) is 3.89. The van der Waals surface area contributed by atoms with Gasteiger partial charge in [0, 0.05) is 13.2 Å². The Labute approximate surface area is 73.2 Å². The van der Waals surface area contributed by atoms with E-state index in [0.29, 0.717) is 5.69 Å². The maximum absolute atomic E-state index is 5.54. The predicted molar refractivity (Wildman–Crippen MR) is 52.6 cm³/mol. The molecule has 0 aromatic carbocycles. The zero-order valence-electron chi connectivity index (χ0n) is 7.78. The number of aromatic nitrogens is 1. The van der Waals surface area contributed by atoms with Gasteiger partial charge in [0.15, 0.2) is 0 Å². The van der Waals surface area contributed by atoms with Gasteiger partial charge in [0.1, 0.15) is 0 Å². The maximum atomic E-state index is 5.54. The number of nitrogens with zero attached hydrogens (tertiary/aromatic N) is 2. The number of hydrazine groups is 1. The van der Waals surface area contributed by atoms with Crippen LogP contribution in [0.25, 0.3) is 0 Å². The van der Waals surface area contributed by atoms with E-state index in [-0.39, 0.29) is 0 Å². The second-order valence-corrected chi connectivity index (χ2v) is 2.05. The highest BCUT2D eigenvalue weighted by molar-refractivity contribution is 5.64. The number of anilines is 2. The second kappa shape index (κ2) is 5.37. The molecule has 0 aliphatic rings. The molecule has 0 saturated heterocycles. The lowest BCUT2D eigenvalue weighted by molar-refractivity contribution is 1.02. The molecule has 1 heterocycles. The van der Waals surface area contributed by atoms with Gasteiger partial charge in [0.2, 0.25) is 0 Å². The van der Waals surface area contributed by atoms with Gasteiger partial charge in [-0.2, -0.15) is 0 Å². The summed E-state index contributed by atoms with van der Waals surface area (Å²) < 4.78 is 0. The van der Waals surface area contributed by atoms with E-state index in [1.807, 2.05) is 13.8 Å². The molecule has 0 saturated carbocycles. The molecule has 0 fully saturated rings. The average Bonchev–Trinajstić information content (AvgIpc) is 2.08. The summed E-state index contributed by atoms with van der Waals surface area (Å²) in [5, 5.41) is 1.46. The van der Waals surface area contributed by atoms with Crippen LogP contribution < -0.4 is 16.6 Å². The lowest BCUT2D eigenvalue weighted by Crippen LogP contribution is -2.25. The molecule has 0 spiro atoms. The first kappa shape index (κ1) is 10.7. The third kappa shape index (κ3) is 2.75. The standard InChI is InChI=1S/C6H10N4.C2H6/c1-10(8)6-2-3-9-4-5(6)7;1-2/h2-4H,7-8H2,1H3;1-2H3. The number of nitrogen functional groups attached to an aromatic ring is 1. The highest BCUT2D eigenvalue weighted by Crippen LogP contribution is 2.16. The van der Waals surface area contributed by atoms with Crippen molar-refractivity contribution in [2.45, 2.75) is 13.8 Å². The van der Waals surface area contributed by atoms with E-state index < -0.39 is 0 Å². The smallest absolute Gasteiger partial charge is 0.0774 e. The summed E-state index contributed by atoms with van der Waals surface area (Å²) in [6.07, 6.45) is 3.22. The Morgan fingerprint density at radius 3 is 2.33 bits per heavy atom. The Morgan fingerprint density at radius 1 is 1.42 bits per heavy atom. The van der Waals surface area contributed by atoms with Crippen molar-refractivity contribution < 1.29 is 0 Å². The van der Waals surface area contributed by atoms with Crippen molar-refractivity contribution in [2.24, 2.45) is 5.84 Å². The van der Waals surface area contributed by atoms with Gasteiger partial charge in [0.25, 0.3) is 0 Å². The fourth-order valence-electron chi connectivity index (χ4n) is 0.721. The molecule has 0 radical (unpaired) electrons. The minimum absolute atomic E-state index is 0.590. The van der Waals surface area contributed by atoms with Gasteiger partial charge >= 0.3 is 0 Å². The molecule has 4 nitrogen and oxygen atoms in total. The first-order valence-electron chi connectivity index (χ1n) is 3.89. The lowest BCUT2D eigenvalue weighted by Gasteiger charge is -2.12. The van der Waals surface area contributed by atoms with Crippen LogP contribution in [0.1, 0.15) is 13.8 Å². The largest absolute Gasteiger partial charge is 0.396 e. The van der Waals surface area contributed by atoms with E-state index >= 15 is 0 Å². The number of pyridine rings is 1. The fraction of sp³-hybridized carbons (Fsp3) is 0.375. The fourth-order valence-corrected chi connectivity index (χ4v) is 0.721. The summed E-state index contributed by atoms with van der Waals surface area (Å²) in [5.74, 6) is 5.44. The summed E-state index contributed by atoms with van der Waals surface area (Å²) in [4.78, 5) is 3.82. The van der Waals surface area contributed by atoms with E-state index in [1.54, 1.807) is 25.5 Å². The molecule has 4 N–H and O–H groups in total. The van der Waals surface area contributed by atoms with Crippen molar-refractivity contribution in [3.63, 3.8) is 0 Å². The molecule has 1 aromatic rings. The van der Waals surface area contributed by atoms with Crippen LogP contribution in [0.5, 0.6) is 0 Å². The van der Waals surface area contributed by atoms with Gasteiger partial charge in [0.05, 0.1) is 17.6 Å². The minimum Gasteiger partial charge on any atom is -0.396 e. The van der Waals surface area contributed by atoms with Gasteiger partial charge in [-0.25, -0.2) is 5.84 Å². The van der Waals surface area contributed by atoms with Crippen LogP contribution in [0, 0.1) is 0 Å². The Morgan fingerprint density at radius 2 is 2.00 bits per heavy atom. The average molecular weight is 168 g/mol. The van der Waals surface area contributed by atoms with E-state index in [2.05, 4.69) is 4.98 Å². The second-order valence-electron chi connectivity index (χ2n) is 2.05. The van der Waals surface area contributed by atoms with Crippen molar-refractivity contribution in [3.8, 4) is 0 Å². The monoisotopic (exact) mass is 168 g/mol. The molecular weight excluding hydrogens is 152 g/mol. The third-order valence-corrected chi connectivity index (χ3v) is 1.21. The molecule has 0 amide bonds. The summed E-state index contributed by atoms with van der Waals surface area (Å²) >= 11 is 0. The van der Waals surface area contributed by atoms with Crippen molar-refractivity contribution in [3.05, 3.63) is 18.5 Å². The van der Waals surface area contributed by atoms with Gasteiger partial charge in [-0.3, -0.25) is 4.98 Å². The van der Waals surface area contributed by atoms with Crippen LogP contribution in [0.3, 0.4) is 0 Å². The van der Waals surface area contributed by atoms with Crippen LogP contribution in [-0.4, -0.2) is 12.0 Å². The molecule has 0 atom stereocenters. The highest BCUT2D eigenvalue weighted by Gasteiger charge is 1.97. The summed E-state index contributed by atoms with van der Waals surface area (Å²) in [7, 11) is 1.73. The zero-order chi connectivity index (χ0) is 9.56. The molecule has 1 rings (SSSR count). The Balaban J connectivity index is 0.000000561. The van der Waals surface area contributed by atoms with Crippen LogP contribution in [-0.2, 0) is 0 Å². The van der Waals surface area contributed by atoms with E-state index in [9.17, 15) is 0 Å². The van der Waals surface area contributed by atoms with Gasteiger partial charge in [-0.15, -0.1) is 0 Å². The Hall–Kier alpha value is -1.29. The number of hydrogen-bond acceptors (Lipinski definition) is 4. The molecule has 0 aliphatic heterocycles. The van der Waals surface area contributed by atoms with Crippen LogP contribution in [0.4, 0.5) is 11.4 Å². The molecule has 0 bridgehead atoms. The van der Waals surface area contributed by atoms with Gasteiger partial charge in [-0.1, -0.05) is 13.8 Å². The molecule has 68 valence electrons. The summed E-state index contributed by atoms with van der Waals surface area (Å²) in [6.45, 7) is 4.00. The topological polar surface area (TPSA) is 68.2 Å². The first-order chi connectivity index (χ1) is 5.72. The van der Waals surface area contributed by atoms with Crippen LogP contribution in [0.2, 0.25) is 0 Å². The summed E-state index contributed by atoms with van der Waals surface area (Å²) in [5.41, 5.74) is 6.91. The molecule has 1 aromatic heterocycles. The van der Waals surface area contributed by atoms with E-state index in [1.165, 1.54) is 5.01 Å². The normalized spacial score (nSPS) is 8.33.